The van der Waals surface area contributed by atoms with Crippen molar-refractivity contribution >= 4 is 0 Å². The number of hydrogen-bond donors (Lipinski definition) is 2. The van der Waals surface area contributed by atoms with Crippen molar-refractivity contribution in [1.29, 1.82) is 0 Å². The molecule has 1 fully saturated rings. The van der Waals surface area contributed by atoms with Crippen molar-refractivity contribution in [1.82, 2.24) is 15.2 Å². The predicted octanol–water partition coefficient (Wildman–Crippen LogP) is 0.715. The monoisotopic (exact) mass is 306 g/mol. The number of hydrogen-bond acceptors (Lipinski definition) is 5. The highest BCUT2D eigenvalue weighted by Crippen LogP contribution is 2.23. The molecule has 0 amide bonds. The number of nitrogens with two attached hydrogens (primary N) is 1. The molecule has 5 heteroatoms. The topological polar surface area (TPSA) is 53.8 Å². The van der Waals surface area contributed by atoms with Crippen molar-refractivity contribution < 1.29 is 4.74 Å². The maximum atomic E-state index is 5.70. The van der Waals surface area contributed by atoms with Crippen LogP contribution in [0.3, 0.4) is 0 Å². The van der Waals surface area contributed by atoms with E-state index in [0.717, 1.165) is 52.2 Å². The molecule has 0 aromatic heterocycles. The molecule has 0 bridgehead atoms. The zero-order valence-electron chi connectivity index (χ0n) is 13.9. The van der Waals surface area contributed by atoms with Crippen LogP contribution < -0.4 is 11.3 Å². The fraction of sp³-hybridized carbons (Fsp3) is 0.647. The van der Waals surface area contributed by atoms with Gasteiger partial charge in [0.25, 0.3) is 0 Å². The normalized spacial score (nSPS) is 19.3. The van der Waals surface area contributed by atoms with E-state index >= 15 is 0 Å². The Kier molecular flexibility index (Phi) is 6.79. The summed E-state index contributed by atoms with van der Waals surface area (Å²) in [6.07, 6.45) is 2.08. The molecule has 22 heavy (non-hydrogen) atoms. The molecule has 1 unspecified atom stereocenters. The van der Waals surface area contributed by atoms with Crippen LogP contribution in [0.5, 0.6) is 0 Å². The molecule has 1 aliphatic heterocycles. The van der Waals surface area contributed by atoms with Crippen molar-refractivity contribution in [2.75, 3.05) is 53.5 Å². The van der Waals surface area contributed by atoms with E-state index < -0.39 is 0 Å². The van der Waals surface area contributed by atoms with Crippen LogP contribution in [-0.2, 0) is 11.2 Å². The first-order valence-electron chi connectivity index (χ1n) is 8.11. The van der Waals surface area contributed by atoms with Crippen LogP contribution in [0, 0.1) is 0 Å². The Morgan fingerprint density at radius 3 is 2.50 bits per heavy atom. The van der Waals surface area contributed by atoms with E-state index in [2.05, 4.69) is 59.7 Å². The second-order valence-electron chi connectivity index (χ2n) is 6.37. The molecule has 1 saturated heterocycles. The van der Waals surface area contributed by atoms with Gasteiger partial charge in [0.1, 0.15) is 0 Å². The lowest BCUT2D eigenvalue weighted by Gasteiger charge is -2.42. The van der Waals surface area contributed by atoms with Gasteiger partial charge in [-0.05, 0) is 32.5 Å². The molecule has 1 heterocycles. The standard InChI is InChI=1S/C17H30N4O/c1-20(2)17(15-19-18,14-16-6-4-3-5-7-16)8-9-21-10-12-22-13-11-21/h3-7,19H,8-15,18H2,1-2H3. The van der Waals surface area contributed by atoms with Crippen LogP contribution in [0.4, 0.5) is 0 Å². The fourth-order valence-corrected chi connectivity index (χ4v) is 3.14. The van der Waals surface area contributed by atoms with E-state index in [1.165, 1.54) is 5.56 Å². The highest BCUT2D eigenvalue weighted by molar-refractivity contribution is 5.18. The lowest BCUT2D eigenvalue weighted by Crippen LogP contribution is -2.56. The van der Waals surface area contributed by atoms with Gasteiger partial charge in [0.15, 0.2) is 0 Å². The first-order valence-corrected chi connectivity index (χ1v) is 8.11. The Hall–Kier alpha value is -0.980. The van der Waals surface area contributed by atoms with Crippen molar-refractivity contribution in [3.8, 4) is 0 Å². The van der Waals surface area contributed by atoms with Crippen LogP contribution >= 0.6 is 0 Å². The molecular weight excluding hydrogens is 276 g/mol. The van der Waals surface area contributed by atoms with Gasteiger partial charge in [0.2, 0.25) is 0 Å². The van der Waals surface area contributed by atoms with Crippen molar-refractivity contribution in [2.45, 2.75) is 18.4 Å². The summed E-state index contributed by atoms with van der Waals surface area (Å²) in [5.74, 6) is 5.70. The van der Waals surface area contributed by atoms with Crippen LogP contribution in [0.25, 0.3) is 0 Å². The van der Waals surface area contributed by atoms with Gasteiger partial charge < -0.3 is 9.64 Å². The SMILES string of the molecule is CN(C)C(CCN1CCOCC1)(CNN)Cc1ccccc1. The van der Waals surface area contributed by atoms with Crippen LogP contribution in [-0.4, -0.2) is 68.8 Å². The van der Waals surface area contributed by atoms with Crippen LogP contribution in [0.15, 0.2) is 30.3 Å². The van der Waals surface area contributed by atoms with Gasteiger partial charge >= 0.3 is 0 Å². The van der Waals surface area contributed by atoms with Gasteiger partial charge in [-0.2, -0.15) is 0 Å². The van der Waals surface area contributed by atoms with E-state index in [1.807, 2.05) is 0 Å². The first kappa shape index (κ1) is 17.4. The molecule has 0 saturated carbocycles. The van der Waals surface area contributed by atoms with Crippen molar-refractivity contribution in [2.24, 2.45) is 5.84 Å². The van der Waals surface area contributed by atoms with E-state index in [-0.39, 0.29) is 5.54 Å². The number of benzene rings is 1. The molecule has 1 aliphatic rings. The van der Waals surface area contributed by atoms with E-state index in [4.69, 9.17) is 10.6 Å². The Balaban J connectivity index is 2.05. The average molecular weight is 306 g/mol. The van der Waals surface area contributed by atoms with Crippen LogP contribution in [0.2, 0.25) is 0 Å². The molecule has 5 nitrogen and oxygen atoms in total. The highest BCUT2D eigenvalue weighted by Gasteiger charge is 2.33. The predicted molar refractivity (Wildman–Crippen MR) is 90.6 cm³/mol. The third kappa shape index (κ3) is 4.76. The number of ether oxygens (including phenoxy) is 1. The molecule has 124 valence electrons. The van der Waals surface area contributed by atoms with Gasteiger partial charge in [0, 0.05) is 31.7 Å². The van der Waals surface area contributed by atoms with Gasteiger partial charge in [0.05, 0.1) is 13.2 Å². The lowest BCUT2D eigenvalue weighted by atomic mass is 9.86. The molecule has 0 aliphatic carbocycles. The molecule has 3 N–H and O–H groups in total. The number of hydrazine groups is 1. The Bertz CT molecular complexity index is 420. The highest BCUT2D eigenvalue weighted by atomic mass is 16.5. The summed E-state index contributed by atoms with van der Waals surface area (Å²) in [4.78, 5) is 4.81. The number of morpholine rings is 1. The summed E-state index contributed by atoms with van der Waals surface area (Å²) in [7, 11) is 4.30. The summed E-state index contributed by atoms with van der Waals surface area (Å²) in [6.45, 7) is 5.62. The number of nitrogens with one attached hydrogen (secondary N) is 1. The number of likely N-dealkylation sites (N-methyl/N-ethyl adjacent to an activating group) is 1. The van der Waals surface area contributed by atoms with Crippen molar-refractivity contribution in [3.63, 3.8) is 0 Å². The third-order valence-electron chi connectivity index (χ3n) is 4.75. The second kappa shape index (κ2) is 8.60. The minimum absolute atomic E-state index is 0.0222. The summed E-state index contributed by atoms with van der Waals surface area (Å²) < 4.78 is 5.44. The molecule has 0 spiro atoms. The molecule has 1 atom stereocenters. The maximum Gasteiger partial charge on any atom is 0.0594 e. The van der Waals surface area contributed by atoms with E-state index in [0.29, 0.717) is 0 Å². The average Bonchev–Trinajstić information content (AvgIpc) is 2.54. The summed E-state index contributed by atoms with van der Waals surface area (Å²) in [5, 5.41) is 0. The minimum atomic E-state index is 0.0222. The second-order valence-corrected chi connectivity index (χ2v) is 6.37. The maximum absolute atomic E-state index is 5.70. The quantitative estimate of drug-likeness (QED) is 0.547. The van der Waals surface area contributed by atoms with Crippen LogP contribution in [0.1, 0.15) is 12.0 Å². The lowest BCUT2D eigenvalue weighted by molar-refractivity contribution is 0.0265. The largest absolute Gasteiger partial charge is 0.379 e. The summed E-state index contributed by atoms with van der Waals surface area (Å²) in [5.41, 5.74) is 4.29. The van der Waals surface area contributed by atoms with Gasteiger partial charge in [-0.3, -0.25) is 16.2 Å². The fourth-order valence-electron chi connectivity index (χ4n) is 3.14. The van der Waals surface area contributed by atoms with E-state index in [1.54, 1.807) is 0 Å². The zero-order chi connectivity index (χ0) is 15.8. The summed E-state index contributed by atoms with van der Waals surface area (Å²) in [6, 6.07) is 10.7. The van der Waals surface area contributed by atoms with Crippen molar-refractivity contribution in [3.05, 3.63) is 35.9 Å². The smallest absolute Gasteiger partial charge is 0.0594 e. The molecule has 1 aromatic carbocycles. The Labute approximate surface area is 134 Å². The van der Waals surface area contributed by atoms with Gasteiger partial charge in [-0.15, -0.1) is 0 Å². The zero-order valence-corrected chi connectivity index (χ0v) is 13.9. The minimum Gasteiger partial charge on any atom is -0.379 e. The number of nitrogens with zero attached hydrogens (tertiary/aromatic N) is 2. The number of rotatable bonds is 8. The van der Waals surface area contributed by atoms with E-state index in [9.17, 15) is 0 Å². The van der Waals surface area contributed by atoms with Gasteiger partial charge in [-0.1, -0.05) is 30.3 Å². The molecular formula is C17H30N4O. The first-order chi connectivity index (χ1) is 10.7. The summed E-state index contributed by atoms with van der Waals surface area (Å²) >= 11 is 0. The molecule has 2 rings (SSSR count). The Morgan fingerprint density at radius 1 is 1.23 bits per heavy atom. The Morgan fingerprint density at radius 2 is 1.91 bits per heavy atom. The molecule has 1 aromatic rings. The third-order valence-corrected chi connectivity index (χ3v) is 4.75. The molecule has 0 radical (unpaired) electrons. The van der Waals surface area contributed by atoms with Gasteiger partial charge in [-0.25, -0.2) is 0 Å².